The SMILES string of the molecule is CCC(=O)N1NC(c2cccs2)=C[C@@H]1c1cc([N+](=O)[O-])ccc1[O-]. The minimum Gasteiger partial charge on any atom is -0.872 e. The van der Waals surface area contributed by atoms with E-state index in [-0.39, 0.29) is 29.3 Å². The quantitative estimate of drug-likeness (QED) is 0.679. The number of hydrogen-bond donors (Lipinski definition) is 1. The Kier molecular flexibility index (Phi) is 4.22. The zero-order valence-corrected chi connectivity index (χ0v) is 13.6. The van der Waals surface area contributed by atoms with Crippen LogP contribution in [-0.4, -0.2) is 15.8 Å². The summed E-state index contributed by atoms with van der Waals surface area (Å²) in [7, 11) is 0. The zero-order chi connectivity index (χ0) is 17.3. The summed E-state index contributed by atoms with van der Waals surface area (Å²) in [6.07, 6.45) is 2.00. The number of hydrazine groups is 1. The molecule has 0 spiro atoms. The average Bonchev–Trinajstić information content (AvgIpc) is 3.23. The molecule has 8 heteroatoms. The number of rotatable bonds is 4. The van der Waals surface area contributed by atoms with Gasteiger partial charge in [-0.15, -0.1) is 17.1 Å². The van der Waals surface area contributed by atoms with Crippen LogP contribution in [0.25, 0.3) is 5.70 Å². The van der Waals surface area contributed by atoms with Crippen molar-refractivity contribution in [1.82, 2.24) is 10.4 Å². The van der Waals surface area contributed by atoms with Crippen LogP contribution in [0.2, 0.25) is 0 Å². The van der Waals surface area contributed by atoms with E-state index >= 15 is 0 Å². The fraction of sp³-hybridized carbons (Fsp3) is 0.188. The Balaban J connectivity index is 2.06. The van der Waals surface area contributed by atoms with Crippen LogP contribution in [0.3, 0.4) is 0 Å². The monoisotopic (exact) mass is 344 g/mol. The van der Waals surface area contributed by atoms with Crippen molar-refractivity contribution in [2.45, 2.75) is 19.4 Å². The maximum absolute atomic E-state index is 12.2. The minimum absolute atomic E-state index is 0.175. The van der Waals surface area contributed by atoms with Crippen molar-refractivity contribution >= 4 is 28.6 Å². The lowest BCUT2D eigenvalue weighted by Crippen LogP contribution is -2.39. The number of hydrogen-bond acceptors (Lipinski definition) is 6. The molecule has 0 fully saturated rings. The summed E-state index contributed by atoms with van der Waals surface area (Å²) in [5.41, 5.74) is 3.75. The highest BCUT2D eigenvalue weighted by molar-refractivity contribution is 7.11. The lowest BCUT2D eigenvalue weighted by Gasteiger charge is -2.27. The largest absolute Gasteiger partial charge is 0.872 e. The predicted molar refractivity (Wildman–Crippen MR) is 87.9 cm³/mol. The Morgan fingerprint density at radius 3 is 2.83 bits per heavy atom. The van der Waals surface area contributed by atoms with Crippen LogP contribution < -0.4 is 10.5 Å². The molecule has 7 nitrogen and oxygen atoms in total. The van der Waals surface area contributed by atoms with E-state index in [4.69, 9.17) is 0 Å². The molecule has 3 rings (SSSR count). The van der Waals surface area contributed by atoms with E-state index in [0.717, 1.165) is 4.88 Å². The fourth-order valence-corrected chi connectivity index (χ4v) is 3.24. The highest BCUT2D eigenvalue weighted by Gasteiger charge is 2.31. The smallest absolute Gasteiger partial charge is 0.269 e. The Morgan fingerprint density at radius 1 is 1.42 bits per heavy atom. The van der Waals surface area contributed by atoms with Crippen molar-refractivity contribution in [2.24, 2.45) is 0 Å². The number of nitro benzene ring substituents is 1. The summed E-state index contributed by atoms with van der Waals surface area (Å²) in [5.74, 6) is -0.543. The maximum Gasteiger partial charge on any atom is 0.269 e. The number of benzene rings is 1. The van der Waals surface area contributed by atoms with Gasteiger partial charge in [-0.2, -0.15) is 0 Å². The molecule has 0 radical (unpaired) electrons. The van der Waals surface area contributed by atoms with E-state index in [2.05, 4.69) is 5.43 Å². The first-order valence-corrected chi connectivity index (χ1v) is 8.19. The van der Waals surface area contributed by atoms with E-state index in [1.807, 2.05) is 17.5 Å². The first-order valence-electron chi connectivity index (χ1n) is 7.31. The van der Waals surface area contributed by atoms with Crippen molar-refractivity contribution in [3.8, 4) is 5.75 Å². The van der Waals surface area contributed by atoms with E-state index in [1.165, 1.54) is 34.5 Å². The molecular formula is C16H14N3O4S-. The Bertz CT molecular complexity index is 817. The van der Waals surface area contributed by atoms with Gasteiger partial charge in [0.1, 0.15) is 0 Å². The number of carbonyl (C=O) groups is 1. The second-order valence-electron chi connectivity index (χ2n) is 5.21. The molecule has 0 saturated heterocycles. The lowest BCUT2D eigenvalue weighted by atomic mass is 10.0. The number of nitrogens with one attached hydrogen (secondary N) is 1. The van der Waals surface area contributed by atoms with Crippen LogP contribution in [0.4, 0.5) is 5.69 Å². The van der Waals surface area contributed by atoms with Gasteiger partial charge in [-0.1, -0.05) is 19.1 Å². The van der Waals surface area contributed by atoms with Crippen LogP contribution in [0, 0.1) is 10.1 Å². The van der Waals surface area contributed by atoms with Crippen molar-refractivity contribution in [1.29, 1.82) is 0 Å². The Labute approximate surface area is 142 Å². The van der Waals surface area contributed by atoms with Crippen molar-refractivity contribution < 1.29 is 14.8 Å². The van der Waals surface area contributed by atoms with Gasteiger partial charge in [0.05, 0.1) is 21.5 Å². The van der Waals surface area contributed by atoms with Gasteiger partial charge < -0.3 is 5.11 Å². The van der Waals surface area contributed by atoms with Crippen LogP contribution in [0.1, 0.15) is 29.8 Å². The summed E-state index contributed by atoms with van der Waals surface area (Å²) in [6.45, 7) is 1.72. The minimum atomic E-state index is -0.679. The third-order valence-electron chi connectivity index (χ3n) is 3.72. The van der Waals surface area contributed by atoms with Gasteiger partial charge in [0, 0.05) is 18.6 Å². The topological polar surface area (TPSA) is 98.5 Å². The van der Waals surface area contributed by atoms with Gasteiger partial charge in [-0.3, -0.25) is 20.3 Å². The molecule has 1 aromatic heterocycles. The van der Waals surface area contributed by atoms with Gasteiger partial charge in [-0.25, -0.2) is 5.01 Å². The van der Waals surface area contributed by atoms with Crippen LogP contribution in [-0.2, 0) is 4.79 Å². The lowest BCUT2D eigenvalue weighted by molar-refractivity contribution is -0.385. The molecule has 0 aliphatic carbocycles. The number of carbonyl (C=O) groups excluding carboxylic acids is 1. The molecular weight excluding hydrogens is 330 g/mol. The van der Waals surface area contributed by atoms with E-state index in [0.29, 0.717) is 5.70 Å². The fourth-order valence-electron chi connectivity index (χ4n) is 2.54. The predicted octanol–water partition coefficient (Wildman–Crippen LogP) is 2.57. The summed E-state index contributed by atoms with van der Waals surface area (Å²) in [6, 6.07) is 6.67. The van der Waals surface area contributed by atoms with Gasteiger partial charge in [0.25, 0.3) is 5.69 Å². The third-order valence-corrected chi connectivity index (χ3v) is 4.63. The summed E-state index contributed by atoms with van der Waals surface area (Å²) in [4.78, 5) is 23.6. The molecule has 2 heterocycles. The number of nitro groups is 1. The number of nitrogens with zero attached hydrogens (tertiary/aromatic N) is 2. The molecule has 0 saturated carbocycles. The second-order valence-corrected chi connectivity index (χ2v) is 6.16. The van der Waals surface area contributed by atoms with Crippen molar-refractivity contribution in [3.63, 3.8) is 0 Å². The van der Waals surface area contributed by atoms with Crippen molar-refractivity contribution in [2.75, 3.05) is 0 Å². The first kappa shape index (κ1) is 16.0. The molecule has 0 unspecified atom stereocenters. The van der Waals surface area contributed by atoms with E-state index in [9.17, 15) is 20.0 Å². The van der Waals surface area contributed by atoms with Crippen LogP contribution in [0.5, 0.6) is 5.75 Å². The van der Waals surface area contributed by atoms with Gasteiger partial charge >= 0.3 is 0 Å². The van der Waals surface area contributed by atoms with Gasteiger partial charge in [-0.05, 0) is 23.1 Å². The number of thiophene rings is 1. The van der Waals surface area contributed by atoms with Crippen LogP contribution in [0.15, 0.2) is 41.8 Å². The average molecular weight is 344 g/mol. The van der Waals surface area contributed by atoms with Crippen LogP contribution >= 0.6 is 11.3 Å². The molecule has 0 bridgehead atoms. The molecule has 124 valence electrons. The zero-order valence-electron chi connectivity index (χ0n) is 12.8. The number of non-ortho nitro benzene ring substituents is 1. The first-order chi connectivity index (χ1) is 11.5. The molecule has 1 aliphatic heterocycles. The normalized spacial score (nSPS) is 16.6. The maximum atomic E-state index is 12.2. The molecule has 1 aliphatic rings. The summed E-state index contributed by atoms with van der Waals surface area (Å²) in [5, 5.41) is 26.5. The second kappa shape index (κ2) is 6.32. The number of amides is 1. The molecule has 1 N–H and O–H groups in total. The third kappa shape index (κ3) is 2.83. The summed E-state index contributed by atoms with van der Waals surface area (Å²) < 4.78 is 0. The van der Waals surface area contributed by atoms with E-state index < -0.39 is 11.0 Å². The Morgan fingerprint density at radius 2 is 2.21 bits per heavy atom. The molecule has 1 atom stereocenters. The van der Waals surface area contributed by atoms with Crippen molar-refractivity contribution in [3.05, 3.63) is 62.3 Å². The highest BCUT2D eigenvalue weighted by atomic mass is 32.1. The molecule has 2 aromatic rings. The Hall–Kier alpha value is -2.87. The molecule has 1 aromatic carbocycles. The standard InChI is InChI=1S/C16H15N3O4S/c1-2-16(21)18-13(9-12(17-18)15-4-3-7-24-15)11-8-10(19(22)23)5-6-14(11)20/h3-9,13,17,20H,2H2,1H3/p-1/t13-/m1/s1. The molecule has 1 amide bonds. The van der Waals surface area contributed by atoms with E-state index in [1.54, 1.807) is 13.0 Å². The summed E-state index contributed by atoms with van der Waals surface area (Å²) >= 11 is 1.50. The van der Waals surface area contributed by atoms with Gasteiger partial charge in [0.15, 0.2) is 0 Å². The molecule has 24 heavy (non-hydrogen) atoms. The highest BCUT2D eigenvalue weighted by Crippen LogP contribution is 2.37. The van der Waals surface area contributed by atoms with Gasteiger partial charge in [0.2, 0.25) is 5.91 Å².